The summed E-state index contributed by atoms with van der Waals surface area (Å²) in [5.41, 5.74) is 0.874. The monoisotopic (exact) mass is 239 g/mol. The number of hydrogen-bond donors (Lipinski definition) is 1. The predicted molar refractivity (Wildman–Crippen MR) is 72.1 cm³/mol. The van der Waals surface area contributed by atoms with Crippen LogP contribution < -0.4 is 5.32 Å². The molecule has 0 aromatic rings. The Balaban J connectivity index is 1.94. The Labute approximate surface area is 107 Å². The van der Waals surface area contributed by atoms with Crippen LogP contribution in [0.4, 0.5) is 0 Å². The van der Waals surface area contributed by atoms with E-state index in [9.17, 15) is 0 Å². The van der Waals surface area contributed by atoms with Gasteiger partial charge in [0.1, 0.15) is 0 Å². The van der Waals surface area contributed by atoms with Crippen LogP contribution >= 0.6 is 0 Å². The molecule has 2 nitrogen and oxygen atoms in total. The van der Waals surface area contributed by atoms with Gasteiger partial charge in [-0.2, -0.15) is 0 Å². The zero-order valence-corrected chi connectivity index (χ0v) is 12.4. The number of methoxy groups -OCH3 is 1. The highest BCUT2D eigenvalue weighted by atomic mass is 16.5. The van der Waals surface area contributed by atoms with Crippen molar-refractivity contribution in [2.75, 3.05) is 13.7 Å². The lowest BCUT2D eigenvalue weighted by Gasteiger charge is -2.29. The van der Waals surface area contributed by atoms with E-state index in [0.29, 0.717) is 10.8 Å². The Bertz CT molecular complexity index is 293. The van der Waals surface area contributed by atoms with Gasteiger partial charge in [0.2, 0.25) is 0 Å². The van der Waals surface area contributed by atoms with Gasteiger partial charge in [-0.25, -0.2) is 0 Å². The molecular weight excluding hydrogens is 210 g/mol. The summed E-state index contributed by atoms with van der Waals surface area (Å²) < 4.78 is 5.61. The molecule has 0 aliphatic heterocycles. The zero-order chi connectivity index (χ0) is 12.9. The molecule has 2 rings (SSSR count). The first-order chi connectivity index (χ1) is 7.73. The molecule has 17 heavy (non-hydrogen) atoms. The summed E-state index contributed by atoms with van der Waals surface area (Å²) in [6.45, 7) is 12.9. The van der Waals surface area contributed by atoms with Crippen molar-refractivity contribution in [3.05, 3.63) is 0 Å². The van der Waals surface area contributed by atoms with Crippen molar-refractivity contribution in [1.82, 2.24) is 5.32 Å². The van der Waals surface area contributed by atoms with Crippen LogP contribution in [-0.4, -0.2) is 25.3 Å². The van der Waals surface area contributed by atoms with E-state index in [1.54, 1.807) is 0 Å². The fraction of sp³-hybridized carbons (Fsp3) is 1.00. The average molecular weight is 239 g/mol. The van der Waals surface area contributed by atoms with E-state index in [1.165, 1.54) is 19.4 Å². The van der Waals surface area contributed by atoms with Crippen LogP contribution in [0.15, 0.2) is 0 Å². The van der Waals surface area contributed by atoms with E-state index in [0.717, 1.165) is 18.4 Å². The van der Waals surface area contributed by atoms with Crippen molar-refractivity contribution >= 4 is 0 Å². The van der Waals surface area contributed by atoms with Crippen LogP contribution in [0.2, 0.25) is 0 Å². The molecule has 0 aromatic carbocycles. The van der Waals surface area contributed by atoms with Crippen LogP contribution in [0, 0.1) is 16.7 Å². The lowest BCUT2D eigenvalue weighted by molar-refractivity contribution is -0.00569. The smallest absolute Gasteiger partial charge is 0.0628 e. The van der Waals surface area contributed by atoms with Gasteiger partial charge in [0.25, 0.3) is 0 Å². The highest BCUT2D eigenvalue weighted by Gasteiger charge is 2.68. The lowest BCUT2D eigenvalue weighted by atomic mass is 9.86. The summed E-state index contributed by atoms with van der Waals surface area (Å²) in [4.78, 5) is 0. The molecule has 0 heterocycles. The maximum absolute atomic E-state index is 5.61. The Kier molecular flexibility index (Phi) is 3.11. The Hall–Kier alpha value is -0.0800. The van der Waals surface area contributed by atoms with E-state index >= 15 is 0 Å². The van der Waals surface area contributed by atoms with Crippen molar-refractivity contribution in [2.24, 2.45) is 16.7 Å². The summed E-state index contributed by atoms with van der Waals surface area (Å²) >= 11 is 0. The van der Waals surface area contributed by atoms with E-state index < -0.39 is 0 Å². The third-order valence-electron chi connectivity index (χ3n) is 5.56. The van der Waals surface area contributed by atoms with Gasteiger partial charge >= 0.3 is 0 Å². The van der Waals surface area contributed by atoms with E-state index in [1.807, 2.05) is 7.11 Å². The second kappa shape index (κ2) is 3.96. The first-order valence-electron chi connectivity index (χ1n) is 7.01. The van der Waals surface area contributed by atoms with Crippen molar-refractivity contribution in [2.45, 2.75) is 65.5 Å². The van der Waals surface area contributed by atoms with Crippen molar-refractivity contribution < 1.29 is 4.74 Å². The molecular formula is C15H29NO. The number of ether oxygens (including phenoxy) is 1. The molecule has 2 unspecified atom stereocenters. The number of hydrogen-bond acceptors (Lipinski definition) is 2. The van der Waals surface area contributed by atoms with Crippen molar-refractivity contribution in [3.8, 4) is 0 Å². The van der Waals surface area contributed by atoms with Gasteiger partial charge in [0, 0.05) is 13.2 Å². The molecule has 0 saturated heterocycles. The molecule has 2 saturated carbocycles. The molecule has 2 atom stereocenters. The molecule has 0 spiro atoms. The molecule has 2 fully saturated rings. The summed E-state index contributed by atoms with van der Waals surface area (Å²) in [6, 6.07) is 0.825. The summed E-state index contributed by atoms with van der Waals surface area (Å²) in [6.07, 6.45) is 3.92. The molecule has 100 valence electrons. The van der Waals surface area contributed by atoms with Gasteiger partial charge in [-0.15, -0.1) is 0 Å². The molecule has 1 N–H and O–H groups in total. The highest BCUT2D eigenvalue weighted by molar-refractivity contribution is 5.17. The molecule has 0 amide bonds. The van der Waals surface area contributed by atoms with E-state index in [4.69, 9.17) is 4.74 Å². The fourth-order valence-corrected chi connectivity index (χ4v) is 3.56. The van der Waals surface area contributed by atoms with Gasteiger partial charge in [-0.1, -0.05) is 20.8 Å². The Morgan fingerprint density at radius 2 is 1.82 bits per heavy atom. The standard InChI is InChI=1S/C15H29NO/c1-13(2,17-6)10-15(5)12(14(15,3)4)9-16-11-7-8-11/h11-12,16H,7-10H2,1-6H3. The van der Waals surface area contributed by atoms with Gasteiger partial charge in [0.05, 0.1) is 5.60 Å². The number of nitrogens with one attached hydrogen (secondary N) is 1. The van der Waals surface area contributed by atoms with Gasteiger partial charge in [0.15, 0.2) is 0 Å². The second-order valence-electron chi connectivity index (χ2n) is 7.51. The fourth-order valence-electron chi connectivity index (χ4n) is 3.56. The summed E-state index contributed by atoms with van der Waals surface area (Å²) in [5.74, 6) is 0.796. The third kappa shape index (κ3) is 2.39. The zero-order valence-electron chi connectivity index (χ0n) is 12.4. The van der Waals surface area contributed by atoms with Gasteiger partial charge in [-0.05, 0) is 56.4 Å². The largest absolute Gasteiger partial charge is 0.379 e. The summed E-state index contributed by atoms with van der Waals surface area (Å²) in [5, 5.41) is 3.69. The Morgan fingerprint density at radius 3 is 2.29 bits per heavy atom. The molecule has 2 aliphatic rings. The minimum absolute atomic E-state index is 0.000348. The predicted octanol–water partition coefficient (Wildman–Crippen LogP) is 3.22. The van der Waals surface area contributed by atoms with Crippen LogP contribution in [-0.2, 0) is 4.74 Å². The van der Waals surface area contributed by atoms with Crippen molar-refractivity contribution in [1.29, 1.82) is 0 Å². The topological polar surface area (TPSA) is 21.3 Å². The second-order valence-corrected chi connectivity index (χ2v) is 7.51. The van der Waals surface area contributed by atoms with Gasteiger partial charge < -0.3 is 10.1 Å². The molecule has 0 aromatic heterocycles. The van der Waals surface area contributed by atoms with Crippen molar-refractivity contribution in [3.63, 3.8) is 0 Å². The van der Waals surface area contributed by atoms with Crippen LogP contribution in [0.5, 0.6) is 0 Å². The van der Waals surface area contributed by atoms with Crippen LogP contribution in [0.1, 0.15) is 53.9 Å². The van der Waals surface area contributed by atoms with Gasteiger partial charge in [-0.3, -0.25) is 0 Å². The molecule has 2 heteroatoms. The molecule has 0 bridgehead atoms. The highest BCUT2D eigenvalue weighted by Crippen LogP contribution is 2.71. The Morgan fingerprint density at radius 1 is 1.24 bits per heavy atom. The summed E-state index contributed by atoms with van der Waals surface area (Å²) in [7, 11) is 1.83. The first kappa shape index (κ1) is 13.4. The minimum atomic E-state index is 0.000348. The first-order valence-corrected chi connectivity index (χ1v) is 7.01. The van der Waals surface area contributed by atoms with Crippen LogP contribution in [0.3, 0.4) is 0 Å². The average Bonchev–Trinajstić information content (AvgIpc) is 3.06. The lowest BCUT2D eigenvalue weighted by Crippen LogP contribution is -2.29. The maximum Gasteiger partial charge on any atom is 0.0628 e. The SMILES string of the molecule is COC(C)(C)CC1(C)C(CNC2CC2)C1(C)C. The minimum Gasteiger partial charge on any atom is -0.379 e. The maximum atomic E-state index is 5.61. The quantitative estimate of drug-likeness (QED) is 0.768. The molecule has 0 radical (unpaired) electrons. The van der Waals surface area contributed by atoms with E-state index in [2.05, 4.69) is 39.9 Å². The normalized spacial score (nSPS) is 36.0. The van der Waals surface area contributed by atoms with Crippen LogP contribution in [0.25, 0.3) is 0 Å². The third-order valence-corrected chi connectivity index (χ3v) is 5.56. The van der Waals surface area contributed by atoms with E-state index in [-0.39, 0.29) is 5.60 Å². The molecule has 2 aliphatic carbocycles. The number of rotatable bonds is 6.